The lowest BCUT2D eigenvalue weighted by atomic mass is 9.85. The molecule has 0 spiro atoms. The second-order valence-electron chi connectivity index (χ2n) is 5.20. The zero-order chi connectivity index (χ0) is 11.9. The van der Waals surface area contributed by atoms with Gasteiger partial charge in [-0.2, -0.15) is 0 Å². The number of hydrogen-bond acceptors (Lipinski definition) is 1. The second-order valence-corrected chi connectivity index (χ2v) is 6.50. The zero-order valence-electron chi connectivity index (χ0n) is 10.4. The van der Waals surface area contributed by atoms with Crippen LogP contribution in [0.2, 0.25) is 0 Å². The molecular formula is C15H22BrN. The highest BCUT2D eigenvalue weighted by molar-refractivity contribution is 9.09. The Morgan fingerprint density at radius 3 is 2.76 bits per heavy atom. The highest BCUT2D eigenvalue weighted by Crippen LogP contribution is 2.29. The molecule has 1 fully saturated rings. The molecule has 0 amide bonds. The Balaban J connectivity index is 1.68. The van der Waals surface area contributed by atoms with Crippen LogP contribution in [0.4, 0.5) is 0 Å². The Morgan fingerprint density at radius 1 is 1.24 bits per heavy atom. The monoisotopic (exact) mass is 295 g/mol. The van der Waals surface area contributed by atoms with Crippen LogP contribution in [0, 0.1) is 5.92 Å². The molecule has 94 valence electrons. The van der Waals surface area contributed by atoms with E-state index in [1.54, 1.807) is 0 Å². The van der Waals surface area contributed by atoms with Gasteiger partial charge in [-0.1, -0.05) is 54.1 Å². The molecule has 0 bridgehead atoms. The maximum absolute atomic E-state index is 4.38. The van der Waals surface area contributed by atoms with Crippen LogP contribution in [0.5, 0.6) is 0 Å². The lowest BCUT2D eigenvalue weighted by molar-refractivity contribution is 0.331. The molecule has 0 N–H and O–H groups in total. The number of aromatic nitrogens is 1. The topological polar surface area (TPSA) is 12.9 Å². The van der Waals surface area contributed by atoms with Crippen LogP contribution in [-0.4, -0.2) is 9.81 Å². The summed E-state index contributed by atoms with van der Waals surface area (Å²) in [6.07, 6.45) is 12.9. The lowest BCUT2D eigenvalue weighted by Gasteiger charge is -2.22. The van der Waals surface area contributed by atoms with Crippen molar-refractivity contribution in [1.82, 2.24) is 4.98 Å². The quantitative estimate of drug-likeness (QED) is 0.715. The summed E-state index contributed by atoms with van der Waals surface area (Å²) in [5, 5.41) is 0. The molecule has 0 radical (unpaired) electrons. The molecule has 0 saturated heterocycles. The van der Waals surface area contributed by atoms with Gasteiger partial charge in [-0.3, -0.25) is 4.98 Å². The first kappa shape index (κ1) is 13.1. The third-order valence-corrected chi connectivity index (χ3v) is 4.55. The van der Waals surface area contributed by atoms with Crippen LogP contribution in [-0.2, 0) is 6.42 Å². The van der Waals surface area contributed by atoms with Gasteiger partial charge in [0.1, 0.15) is 0 Å². The molecule has 1 aromatic rings. The fourth-order valence-electron chi connectivity index (χ4n) is 2.74. The van der Waals surface area contributed by atoms with Gasteiger partial charge < -0.3 is 0 Å². The fraction of sp³-hybridized carbons (Fsp3) is 0.667. The summed E-state index contributed by atoms with van der Waals surface area (Å²) in [4.78, 5) is 4.98. The van der Waals surface area contributed by atoms with Crippen LogP contribution in [0.25, 0.3) is 0 Å². The first-order valence-corrected chi connectivity index (χ1v) is 7.80. The van der Waals surface area contributed by atoms with Crippen molar-refractivity contribution in [3.8, 4) is 0 Å². The van der Waals surface area contributed by atoms with Crippen LogP contribution in [0.3, 0.4) is 0 Å². The highest BCUT2D eigenvalue weighted by atomic mass is 79.9. The number of halogens is 1. The third-order valence-electron chi connectivity index (χ3n) is 3.77. The number of alkyl halides is 1. The van der Waals surface area contributed by atoms with Gasteiger partial charge in [0, 0.05) is 23.1 Å². The average Bonchev–Trinajstić information content (AvgIpc) is 2.39. The van der Waals surface area contributed by atoms with E-state index in [1.165, 1.54) is 50.6 Å². The molecule has 1 nitrogen and oxygen atoms in total. The largest absolute Gasteiger partial charge is 0.261 e. The van der Waals surface area contributed by atoms with Crippen molar-refractivity contribution < 1.29 is 0 Å². The van der Waals surface area contributed by atoms with Gasteiger partial charge >= 0.3 is 0 Å². The summed E-state index contributed by atoms with van der Waals surface area (Å²) in [5.41, 5.74) is 1.21. The molecule has 0 aromatic carbocycles. The van der Waals surface area contributed by atoms with Gasteiger partial charge in [0.2, 0.25) is 0 Å². The van der Waals surface area contributed by atoms with E-state index in [4.69, 9.17) is 0 Å². The summed E-state index contributed by atoms with van der Waals surface area (Å²) in [6.45, 7) is 0. The number of hydrogen-bond donors (Lipinski definition) is 0. The summed E-state index contributed by atoms with van der Waals surface area (Å²) >= 11 is 3.80. The molecule has 1 atom stereocenters. The van der Waals surface area contributed by atoms with Crippen molar-refractivity contribution in [1.29, 1.82) is 0 Å². The van der Waals surface area contributed by atoms with Crippen LogP contribution >= 0.6 is 15.9 Å². The minimum atomic E-state index is 0.597. The minimum absolute atomic E-state index is 0.597. The van der Waals surface area contributed by atoms with E-state index in [-0.39, 0.29) is 0 Å². The van der Waals surface area contributed by atoms with Gasteiger partial charge in [0.15, 0.2) is 0 Å². The van der Waals surface area contributed by atoms with Gasteiger partial charge in [-0.15, -0.1) is 0 Å². The van der Waals surface area contributed by atoms with E-state index in [0.29, 0.717) is 4.83 Å². The highest BCUT2D eigenvalue weighted by Gasteiger charge is 2.15. The van der Waals surface area contributed by atoms with E-state index in [1.807, 2.05) is 12.3 Å². The van der Waals surface area contributed by atoms with Crippen molar-refractivity contribution in [2.45, 2.75) is 56.2 Å². The average molecular weight is 296 g/mol. The molecule has 1 aliphatic carbocycles. The fourth-order valence-corrected chi connectivity index (χ4v) is 3.34. The predicted molar refractivity (Wildman–Crippen MR) is 76.5 cm³/mol. The normalized spacial score (nSPS) is 19.1. The number of nitrogens with zero attached hydrogens (tertiary/aromatic N) is 1. The van der Waals surface area contributed by atoms with Crippen LogP contribution in [0.1, 0.15) is 50.6 Å². The maximum atomic E-state index is 4.38. The summed E-state index contributed by atoms with van der Waals surface area (Å²) in [6, 6.07) is 6.17. The molecular weight excluding hydrogens is 274 g/mol. The summed E-state index contributed by atoms with van der Waals surface area (Å²) in [5.74, 6) is 0.993. The minimum Gasteiger partial charge on any atom is -0.261 e. The molecule has 1 saturated carbocycles. The standard InChI is InChI=1S/C15H22BrN/c16-14(12-15-8-4-5-11-17-15)10-9-13-6-2-1-3-7-13/h4-5,8,11,13-14H,1-3,6-7,9-10,12H2. The molecule has 2 heteroatoms. The Labute approximate surface area is 113 Å². The second kappa shape index (κ2) is 7.15. The van der Waals surface area contributed by atoms with E-state index < -0.39 is 0 Å². The smallest absolute Gasteiger partial charge is 0.0414 e. The maximum Gasteiger partial charge on any atom is 0.0414 e. The van der Waals surface area contributed by atoms with E-state index in [0.717, 1.165) is 12.3 Å². The van der Waals surface area contributed by atoms with Crippen molar-refractivity contribution >= 4 is 15.9 Å². The van der Waals surface area contributed by atoms with Gasteiger partial charge in [-0.25, -0.2) is 0 Å². The van der Waals surface area contributed by atoms with Crippen molar-refractivity contribution in [2.24, 2.45) is 5.92 Å². The number of rotatable bonds is 5. The summed E-state index contributed by atoms with van der Waals surface area (Å²) < 4.78 is 0. The lowest BCUT2D eigenvalue weighted by Crippen LogP contribution is -2.10. The molecule has 1 aliphatic rings. The Bertz CT molecular complexity index is 306. The Morgan fingerprint density at radius 2 is 2.06 bits per heavy atom. The van der Waals surface area contributed by atoms with Gasteiger partial charge in [0.25, 0.3) is 0 Å². The molecule has 1 aromatic heterocycles. The molecule has 0 aliphatic heterocycles. The summed E-state index contributed by atoms with van der Waals surface area (Å²) in [7, 11) is 0. The van der Waals surface area contributed by atoms with Gasteiger partial charge in [-0.05, 0) is 30.9 Å². The van der Waals surface area contributed by atoms with Crippen molar-refractivity contribution in [2.75, 3.05) is 0 Å². The third kappa shape index (κ3) is 4.79. The first-order valence-electron chi connectivity index (χ1n) is 6.88. The molecule has 1 unspecified atom stereocenters. The molecule has 1 heterocycles. The number of pyridine rings is 1. The van der Waals surface area contributed by atoms with Crippen LogP contribution in [0.15, 0.2) is 24.4 Å². The van der Waals surface area contributed by atoms with E-state index in [2.05, 4.69) is 33.0 Å². The zero-order valence-corrected chi connectivity index (χ0v) is 12.0. The van der Waals surface area contributed by atoms with Gasteiger partial charge in [0.05, 0.1) is 0 Å². The SMILES string of the molecule is BrC(CCC1CCCCC1)Cc1ccccn1. The predicted octanol–water partition coefficient (Wildman–Crippen LogP) is 4.75. The Hall–Kier alpha value is -0.370. The van der Waals surface area contributed by atoms with E-state index >= 15 is 0 Å². The van der Waals surface area contributed by atoms with Crippen LogP contribution < -0.4 is 0 Å². The molecule has 17 heavy (non-hydrogen) atoms. The van der Waals surface area contributed by atoms with E-state index in [9.17, 15) is 0 Å². The van der Waals surface area contributed by atoms with Crippen molar-refractivity contribution in [3.05, 3.63) is 30.1 Å². The molecule has 2 rings (SSSR count). The first-order chi connectivity index (χ1) is 8.34. The van der Waals surface area contributed by atoms with Crippen molar-refractivity contribution in [3.63, 3.8) is 0 Å². The Kier molecular flexibility index (Phi) is 5.50.